The third-order valence-corrected chi connectivity index (χ3v) is 3.31. The van der Waals surface area contributed by atoms with Gasteiger partial charge in [-0.05, 0) is 41.8 Å². The summed E-state index contributed by atoms with van der Waals surface area (Å²) in [6.07, 6.45) is 1.13. The van der Waals surface area contributed by atoms with Crippen molar-refractivity contribution in [3.05, 3.63) is 65.2 Å². The van der Waals surface area contributed by atoms with E-state index in [0.29, 0.717) is 6.61 Å². The normalized spacial score (nSPS) is 14.0. The second-order valence-corrected chi connectivity index (χ2v) is 4.63. The second-order valence-electron chi connectivity index (χ2n) is 4.63. The minimum absolute atomic E-state index is 0.636. The Balaban J connectivity index is 1.70. The van der Waals surface area contributed by atoms with Crippen LogP contribution in [0.5, 0.6) is 5.75 Å². The Bertz CT molecular complexity index is 522. The Kier molecular flexibility index (Phi) is 3.29. The smallest absolute Gasteiger partial charge is 0.119 e. The molecule has 2 aromatic rings. The molecule has 0 spiro atoms. The van der Waals surface area contributed by atoms with E-state index in [1.165, 1.54) is 16.7 Å². The molecular formula is C16H17NO. The van der Waals surface area contributed by atoms with Gasteiger partial charge in [0.05, 0.1) is 0 Å². The summed E-state index contributed by atoms with van der Waals surface area (Å²) in [5, 5.41) is 3.40. The average molecular weight is 239 g/mol. The Morgan fingerprint density at radius 1 is 1.00 bits per heavy atom. The van der Waals surface area contributed by atoms with Crippen molar-refractivity contribution in [3.63, 3.8) is 0 Å². The zero-order valence-corrected chi connectivity index (χ0v) is 10.4. The van der Waals surface area contributed by atoms with Crippen molar-refractivity contribution in [3.8, 4) is 5.75 Å². The first-order chi connectivity index (χ1) is 8.92. The van der Waals surface area contributed by atoms with E-state index >= 15 is 0 Å². The van der Waals surface area contributed by atoms with E-state index in [4.69, 9.17) is 4.74 Å². The number of nitrogens with one attached hydrogen (secondary N) is 1. The molecule has 0 aliphatic carbocycles. The number of rotatable bonds is 3. The Morgan fingerprint density at radius 2 is 1.89 bits per heavy atom. The van der Waals surface area contributed by atoms with Crippen molar-refractivity contribution in [2.45, 2.75) is 19.6 Å². The van der Waals surface area contributed by atoms with Crippen molar-refractivity contribution < 1.29 is 4.74 Å². The predicted molar refractivity (Wildman–Crippen MR) is 72.6 cm³/mol. The van der Waals surface area contributed by atoms with Crippen LogP contribution in [0.2, 0.25) is 0 Å². The van der Waals surface area contributed by atoms with Crippen LogP contribution in [0.15, 0.2) is 48.5 Å². The fraction of sp³-hybridized carbons (Fsp3) is 0.250. The second kappa shape index (κ2) is 5.23. The minimum atomic E-state index is 0.636. The van der Waals surface area contributed by atoms with E-state index in [1.807, 2.05) is 30.3 Å². The highest BCUT2D eigenvalue weighted by Gasteiger charge is 2.08. The van der Waals surface area contributed by atoms with Crippen molar-refractivity contribution in [1.29, 1.82) is 0 Å². The maximum absolute atomic E-state index is 5.76. The number of ether oxygens (including phenoxy) is 1. The summed E-state index contributed by atoms with van der Waals surface area (Å²) in [5.41, 5.74) is 4.12. The fourth-order valence-corrected chi connectivity index (χ4v) is 2.31. The van der Waals surface area contributed by atoms with Crippen LogP contribution in [0.1, 0.15) is 16.7 Å². The number of para-hydroxylation sites is 1. The summed E-state index contributed by atoms with van der Waals surface area (Å²) in [5.74, 6) is 0.924. The molecular weight excluding hydrogens is 222 g/mol. The molecule has 18 heavy (non-hydrogen) atoms. The number of fused-ring (bicyclic) bond motifs is 1. The molecule has 0 aromatic heterocycles. The largest absolute Gasteiger partial charge is 0.489 e. The first-order valence-electron chi connectivity index (χ1n) is 6.41. The molecule has 0 bridgehead atoms. The van der Waals surface area contributed by atoms with Gasteiger partial charge in [-0.15, -0.1) is 0 Å². The van der Waals surface area contributed by atoms with Gasteiger partial charge in [-0.3, -0.25) is 0 Å². The monoisotopic (exact) mass is 239 g/mol. The molecule has 1 aliphatic heterocycles. The molecule has 3 rings (SSSR count). The first-order valence-corrected chi connectivity index (χ1v) is 6.41. The lowest BCUT2D eigenvalue weighted by atomic mass is 9.99. The average Bonchev–Trinajstić information content (AvgIpc) is 2.46. The highest BCUT2D eigenvalue weighted by Crippen LogP contribution is 2.17. The van der Waals surface area contributed by atoms with Crippen LogP contribution in [0.25, 0.3) is 0 Å². The maximum atomic E-state index is 5.76. The van der Waals surface area contributed by atoms with E-state index in [2.05, 4.69) is 23.5 Å². The molecule has 0 radical (unpaired) electrons. The molecule has 1 aliphatic rings. The molecule has 0 unspecified atom stereocenters. The van der Waals surface area contributed by atoms with Crippen LogP contribution in [-0.2, 0) is 19.6 Å². The number of hydrogen-bond donors (Lipinski definition) is 1. The molecule has 1 N–H and O–H groups in total. The van der Waals surface area contributed by atoms with Gasteiger partial charge in [-0.1, -0.05) is 36.4 Å². The Hall–Kier alpha value is -1.80. The van der Waals surface area contributed by atoms with Gasteiger partial charge < -0.3 is 10.1 Å². The number of benzene rings is 2. The van der Waals surface area contributed by atoms with Gasteiger partial charge in [0.15, 0.2) is 0 Å². The Labute approximate surface area is 108 Å². The first kappa shape index (κ1) is 11.3. The van der Waals surface area contributed by atoms with Gasteiger partial charge in [0.1, 0.15) is 12.4 Å². The highest BCUT2D eigenvalue weighted by atomic mass is 16.5. The lowest BCUT2D eigenvalue weighted by Crippen LogP contribution is -2.23. The van der Waals surface area contributed by atoms with E-state index in [-0.39, 0.29) is 0 Å². The summed E-state index contributed by atoms with van der Waals surface area (Å²) < 4.78 is 5.76. The van der Waals surface area contributed by atoms with Gasteiger partial charge in [0.25, 0.3) is 0 Å². The zero-order valence-electron chi connectivity index (χ0n) is 10.4. The lowest BCUT2D eigenvalue weighted by molar-refractivity contribution is 0.306. The summed E-state index contributed by atoms with van der Waals surface area (Å²) in [7, 11) is 0. The van der Waals surface area contributed by atoms with E-state index in [0.717, 1.165) is 25.3 Å². The third kappa shape index (κ3) is 2.54. The van der Waals surface area contributed by atoms with Gasteiger partial charge in [0, 0.05) is 6.54 Å². The molecule has 0 saturated heterocycles. The SMILES string of the molecule is c1ccc(OCc2ccc3c(c2)CNCC3)cc1. The minimum Gasteiger partial charge on any atom is -0.489 e. The molecule has 0 amide bonds. The van der Waals surface area contributed by atoms with Crippen molar-refractivity contribution >= 4 is 0 Å². The molecule has 1 heterocycles. The molecule has 0 saturated carbocycles. The molecule has 0 atom stereocenters. The predicted octanol–water partition coefficient (Wildman–Crippen LogP) is 2.91. The van der Waals surface area contributed by atoms with Gasteiger partial charge in [-0.2, -0.15) is 0 Å². The Morgan fingerprint density at radius 3 is 2.78 bits per heavy atom. The van der Waals surface area contributed by atoms with Gasteiger partial charge in [-0.25, -0.2) is 0 Å². The van der Waals surface area contributed by atoms with Crippen LogP contribution >= 0.6 is 0 Å². The topological polar surface area (TPSA) is 21.3 Å². The van der Waals surface area contributed by atoms with Crippen LogP contribution in [0.4, 0.5) is 0 Å². The van der Waals surface area contributed by atoms with E-state index in [1.54, 1.807) is 0 Å². The van der Waals surface area contributed by atoms with Crippen molar-refractivity contribution in [1.82, 2.24) is 5.32 Å². The van der Waals surface area contributed by atoms with Crippen LogP contribution < -0.4 is 10.1 Å². The standard InChI is InChI=1S/C16H17NO/c1-2-4-16(5-3-1)18-12-13-6-7-14-8-9-17-11-15(14)10-13/h1-7,10,17H,8-9,11-12H2. The van der Waals surface area contributed by atoms with Crippen molar-refractivity contribution in [2.24, 2.45) is 0 Å². The molecule has 92 valence electrons. The summed E-state index contributed by atoms with van der Waals surface area (Å²) in [4.78, 5) is 0. The molecule has 0 fully saturated rings. The van der Waals surface area contributed by atoms with Gasteiger partial charge >= 0.3 is 0 Å². The van der Waals surface area contributed by atoms with Gasteiger partial charge in [0.2, 0.25) is 0 Å². The zero-order chi connectivity index (χ0) is 12.2. The maximum Gasteiger partial charge on any atom is 0.119 e. The van der Waals surface area contributed by atoms with E-state index < -0.39 is 0 Å². The summed E-state index contributed by atoms with van der Waals surface area (Å²) >= 11 is 0. The molecule has 2 aromatic carbocycles. The van der Waals surface area contributed by atoms with E-state index in [9.17, 15) is 0 Å². The highest BCUT2D eigenvalue weighted by molar-refractivity contribution is 5.34. The molecule has 2 heteroatoms. The quantitative estimate of drug-likeness (QED) is 0.889. The number of hydrogen-bond acceptors (Lipinski definition) is 2. The third-order valence-electron chi connectivity index (χ3n) is 3.31. The summed E-state index contributed by atoms with van der Waals surface area (Å²) in [6, 6.07) is 16.6. The van der Waals surface area contributed by atoms with Crippen LogP contribution in [0.3, 0.4) is 0 Å². The lowest BCUT2D eigenvalue weighted by Gasteiger charge is -2.18. The molecule has 2 nitrogen and oxygen atoms in total. The summed E-state index contributed by atoms with van der Waals surface area (Å²) in [6.45, 7) is 2.71. The van der Waals surface area contributed by atoms with Crippen LogP contribution in [-0.4, -0.2) is 6.54 Å². The fourth-order valence-electron chi connectivity index (χ4n) is 2.31. The van der Waals surface area contributed by atoms with Crippen LogP contribution in [0, 0.1) is 0 Å². The van der Waals surface area contributed by atoms with Crippen molar-refractivity contribution in [2.75, 3.05) is 6.54 Å².